The van der Waals surface area contributed by atoms with Gasteiger partial charge >= 0.3 is 0 Å². The van der Waals surface area contributed by atoms with Crippen molar-refractivity contribution >= 4 is 32.5 Å². The van der Waals surface area contributed by atoms with Gasteiger partial charge in [0.05, 0.1) is 10.5 Å². The van der Waals surface area contributed by atoms with Gasteiger partial charge < -0.3 is 4.42 Å². The van der Waals surface area contributed by atoms with E-state index in [0.717, 1.165) is 12.8 Å². The van der Waals surface area contributed by atoms with E-state index in [2.05, 4.69) is 4.72 Å². The minimum atomic E-state index is -3.70. The number of anilines is 1. The number of ketones is 1. The highest BCUT2D eigenvalue weighted by atomic mass is 32.2. The molecule has 1 N–H and O–H groups in total. The number of carbonyl (C=O) groups excluding carboxylic acids is 1. The Balaban J connectivity index is 1.77. The van der Waals surface area contributed by atoms with Gasteiger partial charge in [0.25, 0.3) is 10.0 Å². The van der Waals surface area contributed by atoms with Crippen molar-refractivity contribution in [3.8, 4) is 0 Å². The molecule has 2 aromatic carbocycles. The second-order valence-electron chi connectivity index (χ2n) is 6.26. The minimum Gasteiger partial charge on any atom is -0.460 e. The maximum Gasteiger partial charge on any atom is 0.262 e. The second-order valence-corrected chi connectivity index (χ2v) is 7.91. The topological polar surface area (TPSA) is 76.4 Å². The standard InChI is InChI=1S/C19H17NO4S/c1-12-5-2-3-8-18(12)25(22,23)20-13-9-10-16-14(11-13)19-15(21)6-4-7-17(19)24-16/h2-3,5,8-11,20H,4,6-7H2,1H3. The summed E-state index contributed by atoms with van der Waals surface area (Å²) in [6.07, 6.45) is 2.03. The fraction of sp³-hybridized carbons (Fsp3) is 0.211. The number of Topliss-reactive ketones (excluding diaryl/α,β-unsaturated/α-hetero) is 1. The molecule has 3 aromatic rings. The fourth-order valence-corrected chi connectivity index (χ4v) is 4.59. The lowest BCUT2D eigenvalue weighted by Gasteiger charge is -2.11. The molecule has 0 amide bonds. The highest BCUT2D eigenvalue weighted by Crippen LogP contribution is 2.34. The average molecular weight is 355 g/mol. The summed E-state index contributed by atoms with van der Waals surface area (Å²) in [4.78, 5) is 12.5. The largest absolute Gasteiger partial charge is 0.460 e. The first kappa shape index (κ1) is 15.9. The third-order valence-corrected chi connectivity index (χ3v) is 6.02. The molecule has 0 unspecified atom stereocenters. The Morgan fingerprint density at radius 2 is 1.88 bits per heavy atom. The van der Waals surface area contributed by atoms with Crippen LogP contribution in [0.3, 0.4) is 0 Å². The first-order chi connectivity index (χ1) is 12.0. The molecule has 0 spiro atoms. The van der Waals surface area contributed by atoms with Gasteiger partial charge in [-0.05, 0) is 43.2 Å². The third kappa shape index (κ3) is 2.72. The van der Waals surface area contributed by atoms with Crippen LogP contribution in [0.15, 0.2) is 51.8 Å². The molecule has 0 fully saturated rings. The van der Waals surface area contributed by atoms with E-state index < -0.39 is 10.0 Å². The van der Waals surface area contributed by atoms with E-state index in [1.165, 1.54) is 0 Å². The normalized spacial score (nSPS) is 14.5. The molecular formula is C19H17NO4S. The van der Waals surface area contributed by atoms with E-state index in [-0.39, 0.29) is 10.7 Å². The maximum atomic E-state index is 12.6. The molecule has 4 rings (SSSR count). The molecule has 1 heterocycles. The van der Waals surface area contributed by atoms with Gasteiger partial charge in [-0.25, -0.2) is 8.42 Å². The molecule has 1 aromatic heterocycles. The van der Waals surface area contributed by atoms with Crippen molar-refractivity contribution in [3.63, 3.8) is 0 Å². The van der Waals surface area contributed by atoms with Crippen LogP contribution in [0.4, 0.5) is 5.69 Å². The summed E-state index contributed by atoms with van der Waals surface area (Å²) >= 11 is 0. The third-order valence-electron chi connectivity index (χ3n) is 4.48. The number of hydrogen-bond donors (Lipinski definition) is 1. The van der Waals surface area contributed by atoms with E-state index in [0.29, 0.717) is 40.0 Å². The summed E-state index contributed by atoms with van der Waals surface area (Å²) in [6.45, 7) is 1.75. The van der Waals surface area contributed by atoms with Crippen LogP contribution in [0, 0.1) is 6.92 Å². The van der Waals surface area contributed by atoms with Crippen molar-refractivity contribution in [2.45, 2.75) is 31.1 Å². The number of carbonyl (C=O) groups is 1. The van der Waals surface area contributed by atoms with Crippen LogP contribution in [0.1, 0.15) is 34.5 Å². The minimum absolute atomic E-state index is 0.0545. The smallest absolute Gasteiger partial charge is 0.262 e. The highest BCUT2D eigenvalue weighted by molar-refractivity contribution is 7.92. The summed E-state index contributed by atoms with van der Waals surface area (Å²) in [6, 6.07) is 11.8. The molecule has 1 aliphatic carbocycles. The van der Waals surface area contributed by atoms with Gasteiger partial charge in [0.2, 0.25) is 0 Å². The molecule has 0 saturated carbocycles. The Bertz CT molecular complexity index is 1100. The van der Waals surface area contributed by atoms with Crippen LogP contribution >= 0.6 is 0 Å². The monoisotopic (exact) mass is 355 g/mol. The zero-order valence-corrected chi connectivity index (χ0v) is 14.5. The van der Waals surface area contributed by atoms with Gasteiger partial charge in [-0.3, -0.25) is 9.52 Å². The lowest BCUT2D eigenvalue weighted by atomic mass is 9.94. The molecule has 0 saturated heterocycles. The Labute approximate surface area is 145 Å². The lowest BCUT2D eigenvalue weighted by molar-refractivity contribution is 0.0971. The van der Waals surface area contributed by atoms with Crippen LogP contribution in [-0.2, 0) is 16.4 Å². The van der Waals surface area contributed by atoms with Gasteiger partial charge in [-0.15, -0.1) is 0 Å². The highest BCUT2D eigenvalue weighted by Gasteiger charge is 2.25. The molecule has 0 atom stereocenters. The van der Waals surface area contributed by atoms with Gasteiger partial charge in [-0.2, -0.15) is 0 Å². The van der Waals surface area contributed by atoms with Crippen LogP contribution in [0.5, 0.6) is 0 Å². The SMILES string of the molecule is Cc1ccccc1S(=O)(=O)Nc1ccc2oc3c(c2c1)C(=O)CCC3. The number of sulfonamides is 1. The van der Waals surface area contributed by atoms with E-state index in [4.69, 9.17) is 4.42 Å². The summed E-state index contributed by atoms with van der Waals surface area (Å²) < 4.78 is 33.6. The first-order valence-electron chi connectivity index (χ1n) is 8.13. The van der Waals surface area contributed by atoms with Crippen molar-refractivity contribution in [2.24, 2.45) is 0 Å². The Hall–Kier alpha value is -2.60. The zero-order chi connectivity index (χ0) is 17.6. The Morgan fingerprint density at radius 3 is 2.68 bits per heavy atom. The molecule has 5 nitrogen and oxygen atoms in total. The molecule has 0 aliphatic heterocycles. The zero-order valence-electron chi connectivity index (χ0n) is 13.7. The van der Waals surface area contributed by atoms with Crippen molar-refractivity contribution in [3.05, 3.63) is 59.4 Å². The lowest BCUT2D eigenvalue weighted by Crippen LogP contribution is -2.14. The number of rotatable bonds is 3. The Morgan fingerprint density at radius 1 is 1.08 bits per heavy atom. The first-order valence-corrected chi connectivity index (χ1v) is 9.61. The number of furan rings is 1. The molecule has 0 radical (unpaired) electrons. The number of aryl methyl sites for hydroxylation is 2. The fourth-order valence-electron chi connectivity index (χ4n) is 3.30. The van der Waals surface area contributed by atoms with Gasteiger partial charge in [-0.1, -0.05) is 18.2 Å². The van der Waals surface area contributed by atoms with Crippen molar-refractivity contribution < 1.29 is 17.6 Å². The molecule has 0 bridgehead atoms. The van der Waals surface area contributed by atoms with E-state index >= 15 is 0 Å². The summed E-state index contributed by atoms with van der Waals surface area (Å²) in [7, 11) is -3.70. The second kappa shape index (κ2) is 5.74. The van der Waals surface area contributed by atoms with Crippen molar-refractivity contribution in [2.75, 3.05) is 4.72 Å². The van der Waals surface area contributed by atoms with Crippen molar-refractivity contribution in [1.29, 1.82) is 0 Å². The summed E-state index contributed by atoms with van der Waals surface area (Å²) in [5.74, 6) is 0.754. The predicted molar refractivity (Wildman–Crippen MR) is 95.5 cm³/mol. The average Bonchev–Trinajstić information content (AvgIpc) is 2.94. The molecular weight excluding hydrogens is 338 g/mol. The van der Waals surface area contributed by atoms with Crippen LogP contribution in [-0.4, -0.2) is 14.2 Å². The Kier molecular flexibility index (Phi) is 3.65. The van der Waals surface area contributed by atoms with E-state index in [1.54, 1.807) is 49.4 Å². The molecule has 25 heavy (non-hydrogen) atoms. The van der Waals surface area contributed by atoms with Crippen LogP contribution in [0.2, 0.25) is 0 Å². The number of benzene rings is 2. The number of nitrogens with one attached hydrogen (secondary N) is 1. The quantitative estimate of drug-likeness (QED) is 0.768. The van der Waals surface area contributed by atoms with E-state index in [9.17, 15) is 13.2 Å². The maximum absolute atomic E-state index is 12.6. The number of fused-ring (bicyclic) bond motifs is 3. The summed E-state index contributed by atoms with van der Waals surface area (Å²) in [5.41, 5.74) is 2.29. The predicted octanol–water partition coefficient (Wildman–Crippen LogP) is 4.06. The van der Waals surface area contributed by atoms with Crippen LogP contribution < -0.4 is 4.72 Å². The molecule has 1 aliphatic rings. The van der Waals surface area contributed by atoms with Crippen molar-refractivity contribution in [1.82, 2.24) is 0 Å². The van der Waals surface area contributed by atoms with Gasteiger partial charge in [0, 0.05) is 23.9 Å². The number of hydrogen-bond acceptors (Lipinski definition) is 4. The van der Waals surface area contributed by atoms with E-state index in [1.807, 2.05) is 0 Å². The molecule has 6 heteroatoms. The van der Waals surface area contributed by atoms with Crippen LogP contribution in [0.25, 0.3) is 11.0 Å². The van der Waals surface area contributed by atoms with Gasteiger partial charge in [0.1, 0.15) is 11.3 Å². The molecule has 128 valence electrons. The van der Waals surface area contributed by atoms with Gasteiger partial charge in [0.15, 0.2) is 5.78 Å². The summed E-state index contributed by atoms with van der Waals surface area (Å²) in [5, 5.41) is 0.671.